The van der Waals surface area contributed by atoms with Gasteiger partial charge in [-0.05, 0) is 25.0 Å². The number of amides is 2. The summed E-state index contributed by atoms with van der Waals surface area (Å²) in [5.41, 5.74) is 6.95. The summed E-state index contributed by atoms with van der Waals surface area (Å²) in [6.45, 7) is 0.566. The number of nitrogens with one attached hydrogen (secondary N) is 1. The van der Waals surface area contributed by atoms with Gasteiger partial charge in [0.2, 0.25) is 0 Å². The van der Waals surface area contributed by atoms with Gasteiger partial charge in [0.15, 0.2) is 0 Å². The molecule has 2 amide bonds. The molecule has 126 valence electrons. The van der Waals surface area contributed by atoms with Gasteiger partial charge in [-0.1, -0.05) is 29.3 Å². The van der Waals surface area contributed by atoms with E-state index in [9.17, 15) is 9.59 Å². The number of hydrogen-bond donors (Lipinski definition) is 2. The predicted octanol–water partition coefficient (Wildman–Crippen LogP) is 3.94. The largest absolute Gasteiger partial charge is 0.368 e. The van der Waals surface area contributed by atoms with Crippen LogP contribution >= 0.6 is 34.5 Å². The Balaban J connectivity index is 1.95. The summed E-state index contributed by atoms with van der Waals surface area (Å²) in [5, 5.41) is 5.76. The number of carbonyl (C=O) groups excluding carboxylic acids is 2. The first-order valence-electron chi connectivity index (χ1n) is 7.26. The molecule has 0 bridgehead atoms. The van der Waals surface area contributed by atoms with Gasteiger partial charge in [0.1, 0.15) is 11.1 Å². The summed E-state index contributed by atoms with van der Waals surface area (Å²) in [7, 11) is 0. The van der Waals surface area contributed by atoms with Gasteiger partial charge in [0.25, 0.3) is 11.8 Å². The summed E-state index contributed by atoms with van der Waals surface area (Å²) in [5.74, 6) is -0.912. The first-order valence-corrected chi connectivity index (χ1v) is 8.90. The van der Waals surface area contributed by atoms with Crippen LogP contribution in [0.3, 0.4) is 0 Å². The number of rotatable bonds is 4. The SMILES string of the molecule is NC(=O)c1c(-c2ccc(Cl)cc2Cl)csc1NC(=O)C1CCCO1. The molecule has 0 aliphatic carbocycles. The Kier molecular flexibility index (Phi) is 5.10. The van der Waals surface area contributed by atoms with Crippen molar-refractivity contribution in [1.82, 2.24) is 0 Å². The molecular formula is C16H14Cl2N2O3S. The van der Waals surface area contributed by atoms with Crippen molar-refractivity contribution in [2.75, 3.05) is 11.9 Å². The van der Waals surface area contributed by atoms with Crippen LogP contribution in [0.25, 0.3) is 11.1 Å². The highest BCUT2D eigenvalue weighted by Gasteiger charge is 2.27. The molecule has 2 heterocycles. The fourth-order valence-corrected chi connectivity index (χ4v) is 4.06. The third-order valence-corrected chi connectivity index (χ3v) is 5.16. The second-order valence-electron chi connectivity index (χ2n) is 5.33. The van der Waals surface area contributed by atoms with Gasteiger partial charge in [0, 0.05) is 33.2 Å². The Morgan fingerprint density at radius 2 is 2.08 bits per heavy atom. The summed E-state index contributed by atoms with van der Waals surface area (Å²) in [6, 6.07) is 4.98. The maximum absolute atomic E-state index is 12.2. The molecule has 0 saturated carbocycles. The molecule has 1 aromatic carbocycles. The topological polar surface area (TPSA) is 81.4 Å². The number of ether oxygens (including phenoxy) is 1. The van der Waals surface area contributed by atoms with Crippen LogP contribution in [0.4, 0.5) is 5.00 Å². The van der Waals surface area contributed by atoms with Crippen LogP contribution < -0.4 is 11.1 Å². The Labute approximate surface area is 152 Å². The monoisotopic (exact) mass is 384 g/mol. The molecule has 1 aliphatic heterocycles. The number of benzene rings is 1. The molecule has 1 aliphatic rings. The van der Waals surface area contributed by atoms with E-state index in [1.165, 1.54) is 11.3 Å². The van der Waals surface area contributed by atoms with Crippen LogP contribution in [-0.4, -0.2) is 24.5 Å². The second-order valence-corrected chi connectivity index (χ2v) is 7.06. The molecule has 5 nitrogen and oxygen atoms in total. The minimum atomic E-state index is -0.639. The Morgan fingerprint density at radius 3 is 2.71 bits per heavy atom. The highest BCUT2D eigenvalue weighted by Crippen LogP contribution is 2.39. The molecule has 1 atom stereocenters. The number of halogens is 2. The van der Waals surface area contributed by atoms with Crippen molar-refractivity contribution in [2.24, 2.45) is 5.73 Å². The van der Waals surface area contributed by atoms with Gasteiger partial charge < -0.3 is 15.8 Å². The maximum atomic E-state index is 12.2. The fraction of sp³-hybridized carbons (Fsp3) is 0.250. The van der Waals surface area contributed by atoms with Crippen molar-refractivity contribution in [3.05, 3.63) is 39.2 Å². The summed E-state index contributed by atoms with van der Waals surface area (Å²) in [6.07, 6.45) is 1.02. The Hall–Kier alpha value is -1.60. The Bertz CT molecular complexity index is 801. The zero-order valence-corrected chi connectivity index (χ0v) is 14.8. The van der Waals surface area contributed by atoms with Crippen molar-refractivity contribution >= 4 is 51.4 Å². The number of thiophene rings is 1. The lowest BCUT2D eigenvalue weighted by Crippen LogP contribution is -2.27. The van der Waals surface area contributed by atoms with Crippen LogP contribution in [0.15, 0.2) is 23.6 Å². The van der Waals surface area contributed by atoms with Crippen molar-refractivity contribution in [3.8, 4) is 11.1 Å². The summed E-state index contributed by atoms with van der Waals surface area (Å²) < 4.78 is 5.35. The van der Waals surface area contributed by atoms with Crippen LogP contribution in [0.5, 0.6) is 0 Å². The highest BCUT2D eigenvalue weighted by molar-refractivity contribution is 7.15. The lowest BCUT2D eigenvalue weighted by Gasteiger charge is -2.11. The molecule has 1 unspecified atom stereocenters. The number of hydrogen-bond acceptors (Lipinski definition) is 4. The molecule has 3 N–H and O–H groups in total. The average Bonchev–Trinajstić information content (AvgIpc) is 3.16. The van der Waals surface area contributed by atoms with Crippen molar-refractivity contribution in [2.45, 2.75) is 18.9 Å². The minimum absolute atomic E-state index is 0.232. The lowest BCUT2D eigenvalue weighted by atomic mass is 10.0. The minimum Gasteiger partial charge on any atom is -0.368 e. The molecule has 2 aromatic rings. The number of carbonyl (C=O) groups is 2. The molecule has 3 rings (SSSR count). The van der Waals surface area contributed by atoms with Gasteiger partial charge >= 0.3 is 0 Å². The van der Waals surface area contributed by atoms with E-state index >= 15 is 0 Å². The summed E-state index contributed by atoms with van der Waals surface area (Å²) >= 11 is 13.3. The van der Waals surface area contributed by atoms with Gasteiger partial charge in [-0.3, -0.25) is 9.59 Å². The molecule has 1 saturated heterocycles. The lowest BCUT2D eigenvalue weighted by molar-refractivity contribution is -0.124. The standard InChI is InChI=1S/C16H14Cl2N2O3S/c17-8-3-4-9(11(18)6-8)10-7-24-16(13(10)14(19)21)20-15(22)12-2-1-5-23-12/h3-4,6-7,12H,1-2,5H2,(H2,19,21)(H,20,22). The van der Waals surface area contributed by atoms with E-state index in [1.807, 2.05) is 0 Å². The number of primary amides is 1. The van der Waals surface area contributed by atoms with Gasteiger partial charge in [-0.25, -0.2) is 0 Å². The van der Waals surface area contributed by atoms with Crippen molar-refractivity contribution in [3.63, 3.8) is 0 Å². The van der Waals surface area contributed by atoms with Gasteiger partial charge in [0.05, 0.1) is 5.56 Å². The van der Waals surface area contributed by atoms with Crippen LogP contribution in [-0.2, 0) is 9.53 Å². The zero-order valence-electron chi connectivity index (χ0n) is 12.5. The first-order chi connectivity index (χ1) is 11.5. The Morgan fingerprint density at radius 1 is 1.29 bits per heavy atom. The van der Waals surface area contributed by atoms with E-state index in [0.29, 0.717) is 39.2 Å². The molecule has 1 fully saturated rings. The molecular weight excluding hydrogens is 371 g/mol. The van der Waals surface area contributed by atoms with E-state index < -0.39 is 12.0 Å². The quantitative estimate of drug-likeness (QED) is 0.837. The normalized spacial score (nSPS) is 17.0. The number of nitrogens with two attached hydrogens (primary N) is 1. The summed E-state index contributed by atoms with van der Waals surface area (Å²) in [4.78, 5) is 24.2. The highest BCUT2D eigenvalue weighted by atomic mass is 35.5. The zero-order chi connectivity index (χ0) is 17.3. The van der Waals surface area contributed by atoms with E-state index in [2.05, 4.69) is 5.32 Å². The van der Waals surface area contributed by atoms with E-state index in [-0.39, 0.29) is 11.5 Å². The van der Waals surface area contributed by atoms with Crippen LogP contribution in [0.1, 0.15) is 23.2 Å². The molecule has 24 heavy (non-hydrogen) atoms. The van der Waals surface area contributed by atoms with Gasteiger partial charge in [-0.15, -0.1) is 11.3 Å². The molecule has 1 aromatic heterocycles. The van der Waals surface area contributed by atoms with E-state index in [4.69, 9.17) is 33.7 Å². The first kappa shape index (κ1) is 17.2. The molecule has 0 radical (unpaired) electrons. The third-order valence-electron chi connectivity index (χ3n) is 3.72. The molecule has 8 heteroatoms. The van der Waals surface area contributed by atoms with Crippen molar-refractivity contribution in [1.29, 1.82) is 0 Å². The number of anilines is 1. The van der Waals surface area contributed by atoms with Gasteiger partial charge in [-0.2, -0.15) is 0 Å². The maximum Gasteiger partial charge on any atom is 0.254 e. The second kappa shape index (κ2) is 7.11. The van der Waals surface area contributed by atoms with Crippen LogP contribution in [0, 0.1) is 0 Å². The molecule has 0 spiro atoms. The predicted molar refractivity (Wildman–Crippen MR) is 95.9 cm³/mol. The fourth-order valence-electron chi connectivity index (χ4n) is 2.58. The van der Waals surface area contributed by atoms with Crippen molar-refractivity contribution < 1.29 is 14.3 Å². The van der Waals surface area contributed by atoms with E-state index in [0.717, 1.165) is 6.42 Å². The smallest absolute Gasteiger partial charge is 0.254 e. The third kappa shape index (κ3) is 3.42. The van der Waals surface area contributed by atoms with Crippen LogP contribution in [0.2, 0.25) is 10.0 Å². The van der Waals surface area contributed by atoms with E-state index in [1.54, 1.807) is 23.6 Å². The average molecular weight is 385 g/mol.